The van der Waals surface area contributed by atoms with Crippen LogP contribution in [0.25, 0.3) is 21.9 Å². The highest BCUT2D eigenvalue weighted by Crippen LogP contribution is 2.46. The number of aliphatic hydroxyl groups is 1. The number of benzene rings is 1. The summed E-state index contributed by atoms with van der Waals surface area (Å²) < 4.78 is 26.4. The molecule has 1 atom stereocenters. The molecule has 2 bridgehead atoms. The molecule has 7 rings (SSSR count). The Morgan fingerprint density at radius 1 is 1.22 bits per heavy atom. The molecule has 1 aliphatic carbocycles. The van der Waals surface area contributed by atoms with Crippen LogP contribution in [0.5, 0.6) is 5.88 Å². The fourth-order valence-electron chi connectivity index (χ4n) is 5.75. The van der Waals surface area contributed by atoms with Gasteiger partial charge in [-0.2, -0.15) is 0 Å². The van der Waals surface area contributed by atoms with Gasteiger partial charge in [-0.1, -0.05) is 18.2 Å². The lowest BCUT2D eigenvalue weighted by molar-refractivity contribution is -0.208. The number of hydrogen-bond donors (Lipinski definition) is 3. The predicted molar refractivity (Wildman–Crippen MR) is 137 cm³/mol. The summed E-state index contributed by atoms with van der Waals surface area (Å²) in [5.41, 5.74) is 1.63. The quantitative estimate of drug-likeness (QED) is 0.354. The van der Waals surface area contributed by atoms with Gasteiger partial charge in [-0.05, 0) is 49.3 Å². The monoisotopic (exact) mass is 504 g/mol. The van der Waals surface area contributed by atoms with Crippen LogP contribution in [0.3, 0.4) is 0 Å². The maximum absolute atomic E-state index is 14.8. The van der Waals surface area contributed by atoms with E-state index in [1.54, 1.807) is 12.1 Å². The minimum absolute atomic E-state index is 0.0674. The van der Waals surface area contributed by atoms with Crippen molar-refractivity contribution in [2.45, 2.75) is 55.9 Å². The average molecular weight is 505 g/mol. The normalized spacial score (nSPS) is 24.0. The fraction of sp³-hybridized carbons (Fsp3) is 0.393. The molecule has 1 aromatic carbocycles. The zero-order valence-corrected chi connectivity index (χ0v) is 20.6. The van der Waals surface area contributed by atoms with Gasteiger partial charge in [0.1, 0.15) is 5.82 Å². The van der Waals surface area contributed by atoms with E-state index in [9.17, 15) is 14.3 Å². The van der Waals surface area contributed by atoms with Crippen molar-refractivity contribution in [3.8, 4) is 5.88 Å². The molecule has 8 nitrogen and oxygen atoms in total. The fourth-order valence-corrected chi connectivity index (χ4v) is 5.75. The zero-order chi connectivity index (χ0) is 25.6. The molecule has 4 aromatic rings. The highest BCUT2D eigenvalue weighted by Gasteiger charge is 2.53. The van der Waals surface area contributed by atoms with Crippen LogP contribution in [-0.4, -0.2) is 51.0 Å². The van der Waals surface area contributed by atoms with E-state index in [2.05, 4.69) is 20.3 Å². The third-order valence-corrected chi connectivity index (χ3v) is 8.13. The molecule has 0 amide bonds. The van der Waals surface area contributed by atoms with Crippen molar-refractivity contribution in [2.75, 3.05) is 13.7 Å². The molecular weight excluding hydrogens is 475 g/mol. The summed E-state index contributed by atoms with van der Waals surface area (Å²) >= 11 is 0. The number of pyridine rings is 3. The number of aliphatic hydroxyl groups excluding tert-OH is 1. The molecule has 192 valence electrons. The van der Waals surface area contributed by atoms with Gasteiger partial charge >= 0.3 is 0 Å². The summed E-state index contributed by atoms with van der Waals surface area (Å²) in [5, 5.41) is 15.9. The first-order valence-electron chi connectivity index (χ1n) is 12.6. The van der Waals surface area contributed by atoms with Crippen molar-refractivity contribution in [3.05, 3.63) is 76.0 Å². The second kappa shape index (κ2) is 9.16. The topological polar surface area (TPSA) is 109 Å². The number of H-pyrrole nitrogens is 1. The number of rotatable bonds is 7. The molecule has 9 heteroatoms. The summed E-state index contributed by atoms with van der Waals surface area (Å²) in [6, 6.07) is 13.0. The third kappa shape index (κ3) is 4.27. The van der Waals surface area contributed by atoms with E-state index in [0.29, 0.717) is 54.0 Å². The Morgan fingerprint density at radius 2 is 2.03 bits per heavy atom. The summed E-state index contributed by atoms with van der Waals surface area (Å²) in [6.45, 7) is 0.849. The Balaban J connectivity index is 1.16. The van der Waals surface area contributed by atoms with Crippen molar-refractivity contribution in [2.24, 2.45) is 0 Å². The number of aromatic amines is 1. The summed E-state index contributed by atoms with van der Waals surface area (Å²) in [5.74, 6) is -0.145. The summed E-state index contributed by atoms with van der Waals surface area (Å²) in [7, 11) is 1.50. The molecule has 37 heavy (non-hydrogen) atoms. The lowest BCUT2D eigenvalue weighted by Crippen LogP contribution is -2.65. The van der Waals surface area contributed by atoms with Gasteiger partial charge in [0.2, 0.25) is 5.88 Å². The maximum Gasteiger partial charge on any atom is 0.252 e. The van der Waals surface area contributed by atoms with Crippen LogP contribution in [0.1, 0.15) is 36.8 Å². The van der Waals surface area contributed by atoms with E-state index in [-0.39, 0.29) is 17.5 Å². The molecule has 2 saturated heterocycles. The summed E-state index contributed by atoms with van der Waals surface area (Å²) in [4.78, 5) is 24.0. The Labute approximate surface area is 212 Å². The number of fused-ring (bicyclic) bond motifs is 5. The first kappa shape index (κ1) is 24.0. The van der Waals surface area contributed by atoms with Crippen molar-refractivity contribution >= 4 is 21.9 Å². The van der Waals surface area contributed by atoms with Gasteiger partial charge in [0.25, 0.3) is 5.56 Å². The molecule has 1 unspecified atom stereocenters. The number of methoxy groups -OCH3 is 1. The number of nitrogens with one attached hydrogen (secondary N) is 2. The molecule has 3 fully saturated rings. The van der Waals surface area contributed by atoms with Gasteiger partial charge in [0.15, 0.2) is 0 Å². The van der Waals surface area contributed by atoms with E-state index in [1.165, 1.54) is 13.3 Å². The van der Waals surface area contributed by atoms with Crippen LogP contribution in [0.4, 0.5) is 4.39 Å². The molecule has 3 N–H and O–H groups in total. The number of para-hydroxylation sites is 1. The molecule has 5 heterocycles. The van der Waals surface area contributed by atoms with Gasteiger partial charge in [0.05, 0.1) is 42.7 Å². The lowest BCUT2D eigenvalue weighted by Gasteiger charge is -2.55. The highest BCUT2D eigenvalue weighted by atomic mass is 19.1. The van der Waals surface area contributed by atoms with Crippen LogP contribution in [0.15, 0.2) is 53.5 Å². The molecule has 1 saturated carbocycles. The maximum atomic E-state index is 14.8. The standard InChI is InChI=1S/C28H29FN4O4/c1-36-24-7-6-22-25(33-24)19(20(29)15-30-22)13-23(34)28-10-8-27(9-11-28,16-37-28)31-14-18-12-17-4-2-3-5-21(17)32-26(18)35/h2-7,12,15,23,31,34H,8-11,13-14,16H2,1H3,(H,32,35). The van der Waals surface area contributed by atoms with Gasteiger partial charge < -0.3 is 24.9 Å². The smallest absolute Gasteiger partial charge is 0.252 e. The number of hydrogen-bond acceptors (Lipinski definition) is 7. The first-order valence-corrected chi connectivity index (χ1v) is 12.6. The van der Waals surface area contributed by atoms with Crippen LogP contribution in [0, 0.1) is 5.82 Å². The molecule has 3 aromatic heterocycles. The lowest BCUT2D eigenvalue weighted by atomic mass is 9.68. The average Bonchev–Trinajstić information content (AvgIpc) is 2.94. The Hall–Kier alpha value is -3.40. The highest BCUT2D eigenvalue weighted by molar-refractivity contribution is 5.79. The van der Waals surface area contributed by atoms with E-state index < -0.39 is 17.5 Å². The SMILES string of the molecule is COc1ccc2ncc(F)c(CC(O)C34CCC(NCc5cc6ccccc6[nH]c5=O)(CC3)CO4)c2n1. The largest absolute Gasteiger partial charge is 0.481 e. The molecule has 0 radical (unpaired) electrons. The number of nitrogens with zero attached hydrogens (tertiary/aromatic N) is 2. The van der Waals surface area contributed by atoms with E-state index in [4.69, 9.17) is 9.47 Å². The van der Waals surface area contributed by atoms with Crippen LogP contribution in [-0.2, 0) is 17.7 Å². The van der Waals surface area contributed by atoms with Crippen molar-refractivity contribution in [1.29, 1.82) is 0 Å². The minimum atomic E-state index is -0.901. The molecule has 2 aliphatic heterocycles. The van der Waals surface area contributed by atoms with Gasteiger partial charge in [-0.25, -0.2) is 9.37 Å². The second-order valence-electron chi connectivity index (χ2n) is 10.2. The van der Waals surface area contributed by atoms with Crippen LogP contribution in [0.2, 0.25) is 0 Å². The van der Waals surface area contributed by atoms with E-state index >= 15 is 0 Å². The molecule has 0 spiro atoms. The zero-order valence-electron chi connectivity index (χ0n) is 20.6. The van der Waals surface area contributed by atoms with Gasteiger partial charge in [-0.15, -0.1) is 0 Å². The number of halogens is 1. The first-order chi connectivity index (χ1) is 17.9. The Bertz CT molecular complexity index is 1510. The van der Waals surface area contributed by atoms with Crippen LogP contribution < -0.4 is 15.6 Å². The Kier molecular flexibility index (Phi) is 5.94. The number of aromatic nitrogens is 3. The van der Waals surface area contributed by atoms with Gasteiger partial charge in [0, 0.05) is 41.2 Å². The van der Waals surface area contributed by atoms with E-state index in [0.717, 1.165) is 23.7 Å². The minimum Gasteiger partial charge on any atom is -0.481 e. The summed E-state index contributed by atoms with van der Waals surface area (Å²) in [6.07, 6.45) is 3.19. The predicted octanol–water partition coefficient (Wildman–Crippen LogP) is 3.39. The number of ether oxygens (including phenoxy) is 2. The third-order valence-electron chi connectivity index (χ3n) is 8.13. The second-order valence-corrected chi connectivity index (χ2v) is 10.2. The van der Waals surface area contributed by atoms with E-state index in [1.807, 2.05) is 30.3 Å². The van der Waals surface area contributed by atoms with Crippen molar-refractivity contribution < 1.29 is 19.0 Å². The van der Waals surface area contributed by atoms with Crippen molar-refractivity contribution in [1.82, 2.24) is 20.3 Å². The molecular formula is C28H29FN4O4. The van der Waals surface area contributed by atoms with Crippen molar-refractivity contribution in [3.63, 3.8) is 0 Å². The van der Waals surface area contributed by atoms with Gasteiger partial charge in [-0.3, -0.25) is 9.78 Å². The molecule has 3 aliphatic rings. The van der Waals surface area contributed by atoms with Crippen LogP contribution >= 0.6 is 0 Å². The Morgan fingerprint density at radius 3 is 2.78 bits per heavy atom.